The molecule has 2 rings (SSSR count). The van der Waals surface area contributed by atoms with Gasteiger partial charge >= 0.3 is 0 Å². The van der Waals surface area contributed by atoms with E-state index in [0.29, 0.717) is 10.4 Å². The standard InChI is InChI=1S/C14H11BrN2OS/c1-9(11-4-2-10(8-16)3-5-11)17-14(18)13-12(15)6-7-19-13/h2-7,9H,1H3,(H,17,18). The molecular weight excluding hydrogens is 324 g/mol. The Morgan fingerprint density at radius 3 is 2.58 bits per heavy atom. The maximum Gasteiger partial charge on any atom is 0.262 e. The van der Waals surface area contributed by atoms with Gasteiger partial charge in [0.05, 0.1) is 17.7 Å². The van der Waals surface area contributed by atoms with Crippen molar-refractivity contribution in [1.82, 2.24) is 5.32 Å². The van der Waals surface area contributed by atoms with Crippen LogP contribution in [0.3, 0.4) is 0 Å². The van der Waals surface area contributed by atoms with Gasteiger partial charge in [-0.25, -0.2) is 0 Å². The Balaban J connectivity index is 2.08. The van der Waals surface area contributed by atoms with Gasteiger partial charge in [-0.3, -0.25) is 4.79 Å². The summed E-state index contributed by atoms with van der Waals surface area (Å²) in [5.74, 6) is -0.0984. The fourth-order valence-electron chi connectivity index (χ4n) is 1.65. The minimum absolute atomic E-state index is 0.0984. The molecule has 1 heterocycles. The van der Waals surface area contributed by atoms with Crippen molar-refractivity contribution in [2.75, 3.05) is 0 Å². The number of hydrogen-bond donors (Lipinski definition) is 1. The van der Waals surface area contributed by atoms with Crippen LogP contribution in [0.4, 0.5) is 0 Å². The van der Waals surface area contributed by atoms with Gasteiger partial charge in [0.2, 0.25) is 0 Å². The summed E-state index contributed by atoms with van der Waals surface area (Å²) >= 11 is 4.74. The van der Waals surface area contributed by atoms with Crippen molar-refractivity contribution in [3.8, 4) is 6.07 Å². The molecule has 5 heteroatoms. The lowest BCUT2D eigenvalue weighted by atomic mass is 10.1. The van der Waals surface area contributed by atoms with Crippen molar-refractivity contribution in [3.63, 3.8) is 0 Å². The van der Waals surface area contributed by atoms with Crippen LogP contribution >= 0.6 is 27.3 Å². The van der Waals surface area contributed by atoms with Gasteiger partial charge in [-0.05, 0) is 52.0 Å². The highest BCUT2D eigenvalue weighted by molar-refractivity contribution is 9.10. The molecule has 2 aromatic rings. The molecule has 19 heavy (non-hydrogen) atoms. The number of nitrogens with zero attached hydrogens (tertiary/aromatic N) is 1. The van der Waals surface area contributed by atoms with Crippen molar-refractivity contribution in [3.05, 3.63) is 56.2 Å². The second kappa shape index (κ2) is 6.00. The van der Waals surface area contributed by atoms with Crippen molar-refractivity contribution in [2.45, 2.75) is 13.0 Å². The van der Waals surface area contributed by atoms with Gasteiger partial charge in [-0.1, -0.05) is 12.1 Å². The third-order valence-corrected chi connectivity index (χ3v) is 4.55. The zero-order valence-electron chi connectivity index (χ0n) is 10.2. The number of amides is 1. The largest absolute Gasteiger partial charge is 0.345 e. The Labute approximate surface area is 124 Å². The van der Waals surface area contributed by atoms with Gasteiger partial charge in [0.1, 0.15) is 4.88 Å². The topological polar surface area (TPSA) is 52.9 Å². The van der Waals surface area contributed by atoms with Gasteiger partial charge < -0.3 is 5.32 Å². The molecule has 0 saturated heterocycles. The summed E-state index contributed by atoms with van der Waals surface area (Å²) < 4.78 is 0.807. The van der Waals surface area contributed by atoms with E-state index in [-0.39, 0.29) is 11.9 Å². The van der Waals surface area contributed by atoms with Crippen LogP contribution < -0.4 is 5.32 Å². The minimum atomic E-state index is -0.103. The molecule has 0 aliphatic rings. The highest BCUT2D eigenvalue weighted by atomic mass is 79.9. The summed E-state index contributed by atoms with van der Waals surface area (Å²) in [7, 11) is 0. The lowest BCUT2D eigenvalue weighted by Gasteiger charge is -2.14. The molecule has 0 aliphatic carbocycles. The first kappa shape index (κ1) is 13.8. The molecule has 1 amide bonds. The van der Waals surface area contributed by atoms with Crippen LogP contribution in [0, 0.1) is 11.3 Å². The van der Waals surface area contributed by atoms with Crippen LogP contribution in [0.25, 0.3) is 0 Å². The number of carbonyl (C=O) groups excluding carboxylic acids is 1. The first-order chi connectivity index (χ1) is 9.11. The number of carbonyl (C=O) groups is 1. The Bertz CT molecular complexity index is 628. The molecule has 0 spiro atoms. The van der Waals surface area contributed by atoms with E-state index in [0.717, 1.165) is 10.0 Å². The SMILES string of the molecule is CC(NC(=O)c1sccc1Br)c1ccc(C#N)cc1. The summed E-state index contributed by atoms with van der Waals surface area (Å²) in [5, 5.41) is 13.5. The van der Waals surface area contributed by atoms with Gasteiger partial charge in [0.15, 0.2) is 0 Å². The van der Waals surface area contributed by atoms with Crippen LogP contribution in [0.1, 0.15) is 33.8 Å². The fraction of sp³-hybridized carbons (Fsp3) is 0.143. The highest BCUT2D eigenvalue weighted by Gasteiger charge is 2.15. The van der Waals surface area contributed by atoms with E-state index in [4.69, 9.17) is 5.26 Å². The molecule has 96 valence electrons. The number of nitrogens with one attached hydrogen (secondary N) is 1. The molecule has 0 fully saturated rings. The molecule has 0 bridgehead atoms. The number of halogens is 1. The van der Waals surface area contributed by atoms with E-state index >= 15 is 0 Å². The molecule has 0 radical (unpaired) electrons. The molecule has 0 aliphatic heterocycles. The quantitative estimate of drug-likeness (QED) is 0.926. The normalized spacial score (nSPS) is 11.6. The average molecular weight is 335 g/mol. The molecule has 1 aromatic heterocycles. The minimum Gasteiger partial charge on any atom is -0.345 e. The predicted molar refractivity (Wildman–Crippen MR) is 79.1 cm³/mol. The molecule has 1 N–H and O–H groups in total. The van der Waals surface area contributed by atoms with Crippen LogP contribution in [-0.2, 0) is 0 Å². The maximum atomic E-state index is 12.1. The van der Waals surface area contributed by atoms with Gasteiger partial charge in [-0.15, -0.1) is 11.3 Å². The van der Waals surface area contributed by atoms with Crippen LogP contribution in [0.15, 0.2) is 40.2 Å². The molecule has 1 unspecified atom stereocenters. The van der Waals surface area contributed by atoms with Gasteiger partial charge in [-0.2, -0.15) is 5.26 Å². The van der Waals surface area contributed by atoms with E-state index in [1.807, 2.05) is 30.5 Å². The Morgan fingerprint density at radius 2 is 2.05 bits per heavy atom. The fourth-order valence-corrected chi connectivity index (χ4v) is 3.10. The number of hydrogen-bond acceptors (Lipinski definition) is 3. The second-order valence-electron chi connectivity index (χ2n) is 4.03. The summed E-state index contributed by atoms with van der Waals surface area (Å²) in [6.45, 7) is 1.92. The monoisotopic (exact) mass is 334 g/mol. The van der Waals surface area contributed by atoms with Crippen molar-refractivity contribution >= 4 is 33.2 Å². The smallest absolute Gasteiger partial charge is 0.262 e. The van der Waals surface area contributed by atoms with Crippen molar-refractivity contribution in [1.29, 1.82) is 5.26 Å². The third kappa shape index (κ3) is 3.22. The predicted octanol–water partition coefficient (Wildman–Crippen LogP) is 3.87. The third-order valence-electron chi connectivity index (χ3n) is 2.71. The zero-order valence-corrected chi connectivity index (χ0v) is 12.6. The lowest BCUT2D eigenvalue weighted by Crippen LogP contribution is -2.26. The molecule has 0 saturated carbocycles. The van der Waals surface area contributed by atoms with Crippen LogP contribution in [-0.4, -0.2) is 5.91 Å². The average Bonchev–Trinajstić information content (AvgIpc) is 2.85. The highest BCUT2D eigenvalue weighted by Crippen LogP contribution is 2.23. The summed E-state index contributed by atoms with van der Waals surface area (Å²) in [6, 6.07) is 11.0. The second-order valence-corrected chi connectivity index (χ2v) is 5.80. The number of rotatable bonds is 3. The first-order valence-electron chi connectivity index (χ1n) is 5.65. The van der Waals surface area contributed by atoms with E-state index < -0.39 is 0 Å². The van der Waals surface area contributed by atoms with Crippen LogP contribution in [0.2, 0.25) is 0 Å². The Hall–Kier alpha value is -1.64. The molecule has 3 nitrogen and oxygen atoms in total. The Kier molecular flexibility index (Phi) is 4.35. The molecule has 1 aromatic carbocycles. The summed E-state index contributed by atoms with van der Waals surface area (Å²) in [4.78, 5) is 12.7. The molecular formula is C14H11BrN2OS. The first-order valence-corrected chi connectivity index (χ1v) is 7.33. The molecule has 1 atom stereocenters. The van der Waals surface area contributed by atoms with Gasteiger partial charge in [0, 0.05) is 4.47 Å². The number of thiophene rings is 1. The van der Waals surface area contributed by atoms with Crippen molar-refractivity contribution in [2.24, 2.45) is 0 Å². The van der Waals surface area contributed by atoms with Gasteiger partial charge in [0.25, 0.3) is 5.91 Å². The van der Waals surface area contributed by atoms with Crippen LogP contribution in [0.5, 0.6) is 0 Å². The Morgan fingerprint density at radius 1 is 1.37 bits per heavy atom. The van der Waals surface area contributed by atoms with E-state index in [1.165, 1.54) is 11.3 Å². The lowest BCUT2D eigenvalue weighted by molar-refractivity contribution is 0.0943. The number of benzene rings is 1. The number of nitriles is 1. The van der Waals surface area contributed by atoms with E-state index in [1.54, 1.807) is 12.1 Å². The van der Waals surface area contributed by atoms with E-state index in [2.05, 4.69) is 27.3 Å². The maximum absolute atomic E-state index is 12.1. The summed E-state index contributed by atoms with van der Waals surface area (Å²) in [5.41, 5.74) is 1.59. The van der Waals surface area contributed by atoms with Crippen molar-refractivity contribution < 1.29 is 4.79 Å². The van der Waals surface area contributed by atoms with E-state index in [9.17, 15) is 4.79 Å². The summed E-state index contributed by atoms with van der Waals surface area (Å²) in [6.07, 6.45) is 0. The zero-order chi connectivity index (χ0) is 13.8.